The Labute approximate surface area is 190 Å². The lowest BCUT2D eigenvalue weighted by atomic mass is 9.99. The number of nitrogens with zero attached hydrogens (tertiary/aromatic N) is 1. The number of carbonyl (C=O) groups is 2. The lowest BCUT2D eigenvalue weighted by Crippen LogP contribution is -2.32. The number of fused-ring (bicyclic) bond motifs is 1. The standard InChI is InChI=1S/C25H19ClN2O4/c1-14-3-4-16(11-15(14)2)22-23(27-18-7-10-20-21(12-18)32-13-31-20)25(30)28(24(22)29)19-8-5-17(26)6-9-19/h3-12,27H,13H2,1-2H3. The van der Waals surface area contributed by atoms with Gasteiger partial charge in [-0.25, -0.2) is 4.90 Å². The van der Waals surface area contributed by atoms with Gasteiger partial charge in [0.25, 0.3) is 11.8 Å². The fourth-order valence-electron chi connectivity index (χ4n) is 3.75. The molecule has 0 fully saturated rings. The van der Waals surface area contributed by atoms with Crippen molar-refractivity contribution in [3.8, 4) is 11.5 Å². The van der Waals surface area contributed by atoms with Crippen LogP contribution in [0.3, 0.4) is 0 Å². The zero-order valence-corrected chi connectivity index (χ0v) is 18.2. The SMILES string of the molecule is Cc1ccc(C2=C(Nc3ccc4c(c3)OCO4)C(=O)N(c3ccc(Cl)cc3)C2=O)cc1C. The smallest absolute Gasteiger partial charge is 0.282 e. The van der Waals surface area contributed by atoms with Crippen LogP contribution in [0.25, 0.3) is 5.57 Å². The summed E-state index contributed by atoms with van der Waals surface area (Å²) in [6, 6.07) is 17.6. The van der Waals surface area contributed by atoms with Crippen molar-refractivity contribution >= 4 is 40.4 Å². The third kappa shape index (κ3) is 3.39. The molecule has 0 bridgehead atoms. The molecule has 1 N–H and O–H groups in total. The second-order valence-electron chi connectivity index (χ2n) is 7.66. The van der Waals surface area contributed by atoms with Gasteiger partial charge in [0.15, 0.2) is 11.5 Å². The maximum atomic E-state index is 13.5. The highest BCUT2D eigenvalue weighted by molar-refractivity contribution is 6.46. The lowest BCUT2D eigenvalue weighted by Gasteiger charge is -2.15. The van der Waals surface area contributed by atoms with E-state index in [-0.39, 0.29) is 12.5 Å². The number of rotatable bonds is 4. The number of halogens is 1. The van der Waals surface area contributed by atoms with Crippen LogP contribution in [0.2, 0.25) is 5.02 Å². The highest BCUT2D eigenvalue weighted by atomic mass is 35.5. The number of anilines is 2. The average Bonchev–Trinajstić information content (AvgIpc) is 3.33. The van der Waals surface area contributed by atoms with Gasteiger partial charge in [-0.05, 0) is 66.9 Å². The summed E-state index contributed by atoms with van der Waals surface area (Å²) in [4.78, 5) is 28.1. The first-order valence-corrected chi connectivity index (χ1v) is 10.4. The van der Waals surface area contributed by atoms with Crippen molar-refractivity contribution in [1.29, 1.82) is 0 Å². The van der Waals surface area contributed by atoms with Gasteiger partial charge in [0, 0.05) is 16.8 Å². The molecule has 0 unspecified atom stereocenters. The van der Waals surface area contributed by atoms with Crippen LogP contribution in [0.15, 0.2) is 66.4 Å². The number of hydrogen-bond donors (Lipinski definition) is 1. The molecule has 3 aromatic carbocycles. The van der Waals surface area contributed by atoms with Crippen LogP contribution in [0.1, 0.15) is 16.7 Å². The predicted octanol–water partition coefficient (Wildman–Crippen LogP) is 5.08. The monoisotopic (exact) mass is 446 g/mol. The first-order chi connectivity index (χ1) is 15.4. The van der Waals surface area contributed by atoms with E-state index in [9.17, 15) is 9.59 Å². The highest BCUT2D eigenvalue weighted by Gasteiger charge is 2.40. The first-order valence-electron chi connectivity index (χ1n) is 10.1. The van der Waals surface area contributed by atoms with Gasteiger partial charge in [-0.2, -0.15) is 0 Å². The molecule has 32 heavy (non-hydrogen) atoms. The molecule has 3 aromatic rings. The highest BCUT2D eigenvalue weighted by Crippen LogP contribution is 2.38. The Hall–Kier alpha value is -3.77. The van der Waals surface area contributed by atoms with Gasteiger partial charge >= 0.3 is 0 Å². The van der Waals surface area contributed by atoms with Crippen LogP contribution >= 0.6 is 11.6 Å². The molecular weight excluding hydrogens is 428 g/mol. The third-order valence-corrected chi connectivity index (χ3v) is 5.86. The van der Waals surface area contributed by atoms with E-state index in [2.05, 4.69) is 5.32 Å². The maximum absolute atomic E-state index is 13.5. The molecule has 5 rings (SSSR count). The van der Waals surface area contributed by atoms with Gasteiger partial charge in [-0.1, -0.05) is 29.8 Å². The Morgan fingerprint density at radius 3 is 2.34 bits per heavy atom. The summed E-state index contributed by atoms with van der Waals surface area (Å²) < 4.78 is 10.8. The molecule has 2 amide bonds. The molecule has 2 aliphatic rings. The molecule has 0 aliphatic carbocycles. The molecule has 160 valence electrons. The molecule has 2 aliphatic heterocycles. The minimum atomic E-state index is -0.441. The van der Waals surface area contributed by atoms with Crippen molar-refractivity contribution in [1.82, 2.24) is 0 Å². The second-order valence-corrected chi connectivity index (χ2v) is 8.10. The summed E-state index contributed by atoms with van der Waals surface area (Å²) >= 11 is 6.00. The summed E-state index contributed by atoms with van der Waals surface area (Å²) in [5.74, 6) is 0.372. The van der Waals surface area contributed by atoms with Gasteiger partial charge in [0.1, 0.15) is 5.70 Å². The van der Waals surface area contributed by atoms with Crippen molar-refractivity contribution in [2.45, 2.75) is 13.8 Å². The van der Waals surface area contributed by atoms with Gasteiger partial charge in [0.05, 0.1) is 11.3 Å². The normalized spacial score (nSPS) is 15.0. The van der Waals surface area contributed by atoms with E-state index in [4.69, 9.17) is 21.1 Å². The van der Waals surface area contributed by atoms with Crippen LogP contribution < -0.4 is 19.7 Å². The second kappa shape index (κ2) is 7.73. The van der Waals surface area contributed by atoms with Crippen molar-refractivity contribution < 1.29 is 19.1 Å². The van der Waals surface area contributed by atoms with Crippen LogP contribution in [0.5, 0.6) is 11.5 Å². The van der Waals surface area contributed by atoms with E-state index in [0.29, 0.717) is 39.0 Å². The number of aryl methyl sites for hydroxylation is 2. The molecule has 2 heterocycles. The van der Waals surface area contributed by atoms with Crippen molar-refractivity contribution in [2.24, 2.45) is 0 Å². The predicted molar refractivity (Wildman–Crippen MR) is 123 cm³/mol. The number of ether oxygens (including phenoxy) is 2. The zero-order valence-electron chi connectivity index (χ0n) is 17.4. The summed E-state index contributed by atoms with van der Waals surface area (Å²) in [6.45, 7) is 4.13. The molecule has 0 saturated heterocycles. The number of carbonyl (C=O) groups excluding carboxylic acids is 2. The van der Waals surface area contributed by atoms with Crippen molar-refractivity contribution in [3.63, 3.8) is 0 Å². The van der Waals surface area contributed by atoms with Crippen LogP contribution in [0.4, 0.5) is 11.4 Å². The van der Waals surface area contributed by atoms with Crippen molar-refractivity contribution in [2.75, 3.05) is 17.0 Å². The molecule has 0 saturated carbocycles. The van der Waals surface area contributed by atoms with E-state index in [0.717, 1.165) is 16.0 Å². The van der Waals surface area contributed by atoms with Gasteiger partial charge < -0.3 is 14.8 Å². The van der Waals surface area contributed by atoms with Gasteiger partial charge in [-0.3, -0.25) is 9.59 Å². The summed E-state index contributed by atoms with van der Waals surface area (Å²) in [5, 5.41) is 3.67. The maximum Gasteiger partial charge on any atom is 0.282 e. The fourth-order valence-corrected chi connectivity index (χ4v) is 3.88. The van der Waals surface area contributed by atoms with E-state index in [1.165, 1.54) is 0 Å². The number of imide groups is 1. The summed E-state index contributed by atoms with van der Waals surface area (Å²) in [5.41, 5.74) is 4.38. The number of benzene rings is 3. The topological polar surface area (TPSA) is 67.9 Å². The zero-order chi connectivity index (χ0) is 22.4. The average molecular weight is 447 g/mol. The molecule has 0 spiro atoms. The van der Waals surface area contributed by atoms with Crippen LogP contribution in [-0.4, -0.2) is 18.6 Å². The number of amides is 2. The van der Waals surface area contributed by atoms with Gasteiger partial charge in [0.2, 0.25) is 6.79 Å². The number of hydrogen-bond acceptors (Lipinski definition) is 5. The number of nitrogens with one attached hydrogen (secondary N) is 1. The molecule has 0 atom stereocenters. The summed E-state index contributed by atoms with van der Waals surface area (Å²) in [6.07, 6.45) is 0. The minimum Gasteiger partial charge on any atom is -0.454 e. The van der Waals surface area contributed by atoms with E-state index >= 15 is 0 Å². The Balaban J connectivity index is 1.61. The van der Waals surface area contributed by atoms with E-state index in [1.807, 2.05) is 32.0 Å². The van der Waals surface area contributed by atoms with E-state index < -0.39 is 11.8 Å². The first kappa shape index (κ1) is 20.2. The van der Waals surface area contributed by atoms with Crippen LogP contribution in [-0.2, 0) is 9.59 Å². The Morgan fingerprint density at radius 2 is 1.59 bits per heavy atom. The molecule has 0 radical (unpaired) electrons. The Morgan fingerprint density at radius 1 is 0.844 bits per heavy atom. The van der Waals surface area contributed by atoms with E-state index in [1.54, 1.807) is 42.5 Å². The quantitative estimate of drug-likeness (QED) is 0.566. The van der Waals surface area contributed by atoms with Crippen molar-refractivity contribution in [3.05, 3.63) is 88.1 Å². The molecule has 6 nitrogen and oxygen atoms in total. The van der Waals surface area contributed by atoms with Gasteiger partial charge in [-0.15, -0.1) is 0 Å². The molecule has 0 aromatic heterocycles. The summed E-state index contributed by atoms with van der Waals surface area (Å²) in [7, 11) is 0. The Bertz CT molecular complexity index is 1300. The lowest BCUT2D eigenvalue weighted by molar-refractivity contribution is -0.120. The minimum absolute atomic E-state index is 0.150. The van der Waals surface area contributed by atoms with Crippen LogP contribution in [0, 0.1) is 13.8 Å². The Kier molecular flexibility index (Phi) is 4.87. The molecular formula is C25H19ClN2O4. The third-order valence-electron chi connectivity index (χ3n) is 5.61. The fraction of sp³-hybridized carbons (Fsp3) is 0.120. The largest absolute Gasteiger partial charge is 0.454 e. The molecule has 7 heteroatoms.